The fraction of sp³-hybridized carbons (Fsp3) is 0.167. The summed E-state index contributed by atoms with van der Waals surface area (Å²) in [7, 11) is 0. The molecule has 0 aliphatic carbocycles. The molecule has 136 valence electrons. The van der Waals surface area contributed by atoms with E-state index in [1.165, 1.54) is 0 Å². The molecule has 27 heavy (non-hydrogen) atoms. The molecule has 0 saturated carbocycles. The fourth-order valence-corrected chi connectivity index (χ4v) is 5.32. The molecule has 0 spiro atoms. The summed E-state index contributed by atoms with van der Waals surface area (Å²) >= 11 is 2.71. The van der Waals surface area contributed by atoms with Gasteiger partial charge in [-0.1, -0.05) is 18.2 Å². The lowest BCUT2D eigenvalue weighted by Crippen LogP contribution is -2.39. The first-order valence-electron chi connectivity index (χ1n) is 8.13. The van der Waals surface area contributed by atoms with Gasteiger partial charge in [0.2, 0.25) is 0 Å². The van der Waals surface area contributed by atoms with Crippen LogP contribution in [0.15, 0.2) is 51.7 Å². The number of carbonyl (C=O) groups excluding carboxylic acids is 2. The van der Waals surface area contributed by atoms with Gasteiger partial charge in [-0.15, -0.1) is 11.3 Å². The molecule has 1 N–H and O–H groups in total. The standard InChI is InChI=1S/C18H12N2O5S2/c21-13-5-6-14(22)25-18(23,24-13)16-15(20-8-7-19-17(20)27-16)11-9-26-12-4-2-1-3-10(11)12/h1-6,9,23H,7-8H2. The highest BCUT2D eigenvalue weighted by molar-refractivity contribution is 8.17. The van der Waals surface area contributed by atoms with Gasteiger partial charge in [-0.3, -0.25) is 4.99 Å². The van der Waals surface area contributed by atoms with Crippen molar-refractivity contribution in [1.82, 2.24) is 4.90 Å². The summed E-state index contributed by atoms with van der Waals surface area (Å²) in [6.45, 7) is 1.25. The predicted octanol–water partition coefficient (Wildman–Crippen LogP) is 2.29. The molecule has 0 saturated heterocycles. The molecule has 5 rings (SSSR count). The summed E-state index contributed by atoms with van der Waals surface area (Å²) in [6, 6.07) is 7.88. The van der Waals surface area contributed by atoms with Crippen LogP contribution in [0.5, 0.6) is 0 Å². The molecule has 0 bridgehead atoms. The lowest BCUT2D eigenvalue weighted by atomic mass is 10.1. The van der Waals surface area contributed by atoms with E-state index in [1.807, 2.05) is 34.5 Å². The molecule has 2 aromatic rings. The Balaban J connectivity index is 1.72. The Bertz CT molecular complexity index is 1060. The highest BCUT2D eigenvalue weighted by Crippen LogP contribution is 2.49. The van der Waals surface area contributed by atoms with Crippen LogP contribution < -0.4 is 0 Å². The molecule has 7 nitrogen and oxygen atoms in total. The molecule has 3 aliphatic heterocycles. The summed E-state index contributed by atoms with van der Waals surface area (Å²) in [4.78, 5) is 30.4. The number of thiophene rings is 1. The largest absolute Gasteiger partial charge is 0.412 e. The number of aliphatic hydroxyl groups is 1. The maximum atomic E-state index is 11.9. The maximum absolute atomic E-state index is 11.9. The summed E-state index contributed by atoms with van der Waals surface area (Å²) in [6.07, 6.45) is 1.86. The van der Waals surface area contributed by atoms with E-state index in [0.29, 0.717) is 24.0 Å². The first-order chi connectivity index (χ1) is 13.0. The van der Waals surface area contributed by atoms with Gasteiger partial charge in [0.25, 0.3) is 0 Å². The second kappa shape index (κ2) is 5.95. The average Bonchev–Trinajstić information content (AvgIpc) is 3.31. The van der Waals surface area contributed by atoms with E-state index < -0.39 is 17.9 Å². The zero-order valence-electron chi connectivity index (χ0n) is 13.7. The van der Waals surface area contributed by atoms with Gasteiger partial charge in [-0.2, -0.15) is 0 Å². The normalized spacial score (nSPS) is 21.2. The second-order valence-electron chi connectivity index (χ2n) is 6.00. The smallest absolute Gasteiger partial charge is 0.390 e. The molecular formula is C18H12N2O5S2. The first-order valence-corrected chi connectivity index (χ1v) is 9.82. The Morgan fingerprint density at radius 3 is 2.67 bits per heavy atom. The Hall–Kier alpha value is -2.62. The Kier molecular flexibility index (Phi) is 3.64. The van der Waals surface area contributed by atoms with E-state index in [-0.39, 0.29) is 4.91 Å². The average molecular weight is 400 g/mol. The Morgan fingerprint density at radius 1 is 1.15 bits per heavy atom. The number of cyclic esters (lactones) is 2. The van der Waals surface area contributed by atoms with Gasteiger partial charge in [0.05, 0.1) is 12.2 Å². The second-order valence-corrected chi connectivity index (χ2v) is 7.89. The van der Waals surface area contributed by atoms with Crippen LogP contribution in [0.2, 0.25) is 0 Å². The number of hydrogen-bond donors (Lipinski definition) is 1. The number of hydrogen-bond acceptors (Lipinski definition) is 9. The van der Waals surface area contributed by atoms with Gasteiger partial charge in [-0.05, 0) is 17.8 Å². The third-order valence-electron chi connectivity index (χ3n) is 4.34. The highest BCUT2D eigenvalue weighted by Gasteiger charge is 2.50. The van der Waals surface area contributed by atoms with Crippen LogP contribution in [0, 0.1) is 0 Å². The summed E-state index contributed by atoms with van der Waals surface area (Å²) in [5, 5.41) is 14.7. The highest BCUT2D eigenvalue weighted by atomic mass is 32.2. The minimum Gasteiger partial charge on any atom is -0.390 e. The number of amidine groups is 1. The zero-order valence-corrected chi connectivity index (χ0v) is 15.4. The third kappa shape index (κ3) is 2.58. The van der Waals surface area contributed by atoms with Gasteiger partial charge in [-0.25, -0.2) is 9.59 Å². The van der Waals surface area contributed by atoms with Gasteiger partial charge < -0.3 is 19.5 Å². The van der Waals surface area contributed by atoms with Crippen molar-refractivity contribution < 1.29 is 24.2 Å². The van der Waals surface area contributed by atoms with Crippen LogP contribution in [-0.4, -0.2) is 46.2 Å². The maximum Gasteiger partial charge on any atom is 0.412 e. The van der Waals surface area contributed by atoms with Crippen LogP contribution >= 0.6 is 23.1 Å². The number of rotatable bonds is 2. The molecule has 9 heteroatoms. The predicted molar refractivity (Wildman–Crippen MR) is 102 cm³/mol. The van der Waals surface area contributed by atoms with Crippen molar-refractivity contribution in [3.05, 3.63) is 52.3 Å². The van der Waals surface area contributed by atoms with Crippen LogP contribution in [-0.2, 0) is 19.1 Å². The summed E-state index contributed by atoms with van der Waals surface area (Å²) in [5.74, 6) is -4.23. The van der Waals surface area contributed by atoms with Crippen LogP contribution in [0.4, 0.5) is 0 Å². The molecule has 0 radical (unpaired) electrons. The van der Waals surface area contributed by atoms with E-state index in [4.69, 9.17) is 9.47 Å². The van der Waals surface area contributed by atoms with Gasteiger partial charge in [0.1, 0.15) is 4.91 Å². The monoisotopic (exact) mass is 400 g/mol. The SMILES string of the molecule is O=C1C=CC(=O)OC(O)(C2=C(c3csc4ccccc34)N3CCN=C3S2)O1. The quantitative estimate of drug-likeness (QED) is 0.774. The molecule has 0 fully saturated rings. The van der Waals surface area contributed by atoms with Crippen molar-refractivity contribution in [2.45, 2.75) is 5.97 Å². The number of ether oxygens (including phenoxy) is 2. The Labute approximate surface area is 161 Å². The molecule has 0 unspecified atom stereocenters. The van der Waals surface area contributed by atoms with E-state index in [9.17, 15) is 14.7 Å². The summed E-state index contributed by atoms with van der Waals surface area (Å²) in [5.41, 5.74) is 1.50. The molecular weight excluding hydrogens is 388 g/mol. The molecule has 0 amide bonds. The lowest BCUT2D eigenvalue weighted by Gasteiger charge is -2.26. The number of fused-ring (bicyclic) bond motifs is 2. The van der Waals surface area contributed by atoms with Crippen molar-refractivity contribution in [1.29, 1.82) is 0 Å². The van der Waals surface area contributed by atoms with E-state index >= 15 is 0 Å². The van der Waals surface area contributed by atoms with Crippen LogP contribution in [0.3, 0.4) is 0 Å². The van der Waals surface area contributed by atoms with Gasteiger partial charge in [0.15, 0.2) is 5.17 Å². The number of benzene rings is 1. The zero-order chi connectivity index (χ0) is 18.6. The lowest BCUT2D eigenvalue weighted by molar-refractivity contribution is -0.291. The fourth-order valence-electron chi connectivity index (χ4n) is 3.22. The van der Waals surface area contributed by atoms with Crippen molar-refractivity contribution in [3.63, 3.8) is 0 Å². The van der Waals surface area contributed by atoms with Crippen LogP contribution in [0.25, 0.3) is 15.8 Å². The number of aliphatic imine (C=N–C) groups is 1. The van der Waals surface area contributed by atoms with Gasteiger partial charge >= 0.3 is 17.9 Å². The van der Waals surface area contributed by atoms with Crippen molar-refractivity contribution in [2.24, 2.45) is 4.99 Å². The number of esters is 2. The molecule has 1 aromatic heterocycles. The topological polar surface area (TPSA) is 88.4 Å². The van der Waals surface area contributed by atoms with Crippen molar-refractivity contribution in [2.75, 3.05) is 13.1 Å². The molecule has 1 aromatic carbocycles. The molecule has 4 heterocycles. The third-order valence-corrected chi connectivity index (χ3v) is 6.49. The number of thioether (sulfide) groups is 1. The van der Waals surface area contributed by atoms with E-state index in [0.717, 1.165) is 39.6 Å². The molecule has 0 atom stereocenters. The van der Waals surface area contributed by atoms with Crippen molar-refractivity contribution in [3.8, 4) is 0 Å². The first kappa shape index (κ1) is 16.5. The molecule has 3 aliphatic rings. The Morgan fingerprint density at radius 2 is 1.89 bits per heavy atom. The number of carbonyl (C=O) groups is 2. The minimum absolute atomic E-state index is 0.218. The van der Waals surface area contributed by atoms with Gasteiger partial charge in [0, 0.05) is 39.7 Å². The summed E-state index contributed by atoms with van der Waals surface area (Å²) < 4.78 is 11.3. The van der Waals surface area contributed by atoms with E-state index in [2.05, 4.69) is 4.99 Å². The van der Waals surface area contributed by atoms with E-state index in [1.54, 1.807) is 11.3 Å². The van der Waals surface area contributed by atoms with Crippen LogP contribution in [0.1, 0.15) is 5.56 Å². The van der Waals surface area contributed by atoms with Crippen molar-refractivity contribution >= 4 is 56.0 Å². The number of nitrogens with zero attached hydrogens (tertiary/aromatic N) is 2. The minimum atomic E-state index is -2.51.